The number of hydrogen-bond acceptors (Lipinski definition) is 5. The Labute approximate surface area is 133 Å². The highest BCUT2D eigenvalue weighted by Gasteiger charge is 2.34. The lowest BCUT2D eigenvalue weighted by molar-refractivity contribution is -0.137. The summed E-state index contributed by atoms with van der Waals surface area (Å²) in [6.45, 7) is 0.777. The highest BCUT2D eigenvalue weighted by atomic mass is 19.4. The molecule has 24 heavy (non-hydrogen) atoms. The molecule has 0 fully saturated rings. The number of rotatable bonds is 3. The Morgan fingerprint density at radius 1 is 1.38 bits per heavy atom. The number of nitriles is 1. The van der Waals surface area contributed by atoms with Crippen molar-refractivity contribution in [3.05, 3.63) is 57.5 Å². The molecule has 0 N–H and O–H groups in total. The summed E-state index contributed by atoms with van der Waals surface area (Å²) in [6, 6.07) is 7.14. The first-order chi connectivity index (χ1) is 11.3. The maximum absolute atomic E-state index is 13.1. The van der Waals surface area contributed by atoms with Crippen LogP contribution in [0.1, 0.15) is 21.7 Å². The second kappa shape index (κ2) is 6.54. The molecule has 0 aliphatic carbocycles. The van der Waals surface area contributed by atoms with Crippen LogP contribution in [-0.4, -0.2) is 22.4 Å². The highest BCUT2D eigenvalue weighted by Crippen LogP contribution is 2.33. The number of aromatic nitrogens is 2. The lowest BCUT2D eigenvalue weighted by Crippen LogP contribution is -2.25. The van der Waals surface area contributed by atoms with E-state index in [1.807, 2.05) is 0 Å². The van der Waals surface area contributed by atoms with Crippen molar-refractivity contribution in [2.24, 2.45) is 0 Å². The minimum absolute atomic E-state index is 0.105. The van der Waals surface area contributed by atoms with Gasteiger partial charge in [-0.15, -0.1) is 0 Å². The minimum atomic E-state index is -4.64. The molecular weight excluding hydrogens is 327 g/mol. The van der Waals surface area contributed by atoms with Gasteiger partial charge in [0, 0.05) is 11.8 Å². The number of ether oxygens (including phenoxy) is 1. The molecule has 2 rings (SSSR count). The molecule has 0 saturated carbocycles. The Balaban J connectivity index is 2.63. The van der Waals surface area contributed by atoms with E-state index in [2.05, 4.69) is 9.84 Å². The van der Waals surface area contributed by atoms with Crippen molar-refractivity contribution in [2.75, 3.05) is 6.61 Å². The molecular formula is C15H10F3N3O3. The normalized spacial score (nSPS) is 11.0. The van der Waals surface area contributed by atoms with Crippen LogP contribution in [0.2, 0.25) is 0 Å². The first-order valence-electron chi connectivity index (χ1n) is 6.57. The van der Waals surface area contributed by atoms with Crippen LogP contribution in [-0.2, 0) is 10.9 Å². The highest BCUT2D eigenvalue weighted by molar-refractivity contribution is 5.87. The summed E-state index contributed by atoms with van der Waals surface area (Å²) in [6.07, 6.45) is -4.64. The molecule has 0 bridgehead atoms. The third-order valence-electron chi connectivity index (χ3n) is 3.01. The van der Waals surface area contributed by atoms with E-state index in [4.69, 9.17) is 5.26 Å². The zero-order chi connectivity index (χ0) is 17.9. The number of benzene rings is 1. The zero-order valence-corrected chi connectivity index (χ0v) is 12.3. The van der Waals surface area contributed by atoms with E-state index < -0.39 is 35.4 Å². The van der Waals surface area contributed by atoms with E-state index in [-0.39, 0.29) is 11.4 Å². The smallest absolute Gasteiger partial charge is 0.418 e. The molecule has 0 spiro atoms. The minimum Gasteiger partial charge on any atom is -0.445 e. The van der Waals surface area contributed by atoms with Crippen LogP contribution in [0.25, 0.3) is 5.69 Å². The SMILES string of the molecule is Cc1cc(=O)c(C(=O)OCC#N)nn1-c1ccccc1C(F)(F)F. The van der Waals surface area contributed by atoms with Crippen LogP contribution in [0, 0.1) is 18.3 Å². The van der Waals surface area contributed by atoms with Crippen molar-refractivity contribution < 1.29 is 22.7 Å². The molecule has 0 saturated heterocycles. The summed E-state index contributed by atoms with van der Waals surface area (Å²) in [4.78, 5) is 23.6. The van der Waals surface area contributed by atoms with Gasteiger partial charge in [0.15, 0.2) is 6.61 Å². The van der Waals surface area contributed by atoms with Crippen molar-refractivity contribution >= 4 is 5.97 Å². The first-order valence-corrected chi connectivity index (χ1v) is 6.57. The van der Waals surface area contributed by atoms with Crippen LogP contribution >= 0.6 is 0 Å². The Hall–Kier alpha value is -3.15. The van der Waals surface area contributed by atoms with Gasteiger partial charge in [-0.3, -0.25) is 4.79 Å². The Bertz CT molecular complexity index is 882. The van der Waals surface area contributed by atoms with Gasteiger partial charge in [0.25, 0.3) is 0 Å². The molecule has 9 heteroatoms. The van der Waals surface area contributed by atoms with Gasteiger partial charge in [0.1, 0.15) is 6.07 Å². The third-order valence-corrected chi connectivity index (χ3v) is 3.01. The molecule has 1 aromatic heterocycles. The van der Waals surface area contributed by atoms with Gasteiger partial charge < -0.3 is 4.74 Å². The number of nitrogens with zero attached hydrogens (tertiary/aromatic N) is 3. The van der Waals surface area contributed by atoms with Crippen molar-refractivity contribution in [1.82, 2.24) is 9.78 Å². The van der Waals surface area contributed by atoms with Gasteiger partial charge in [-0.25, -0.2) is 9.48 Å². The number of carbonyl (C=O) groups is 1. The summed E-state index contributed by atoms with van der Waals surface area (Å²) in [5.41, 5.74) is -2.71. The summed E-state index contributed by atoms with van der Waals surface area (Å²) >= 11 is 0. The lowest BCUT2D eigenvalue weighted by Gasteiger charge is -2.16. The maximum atomic E-state index is 13.1. The molecule has 124 valence electrons. The van der Waals surface area contributed by atoms with Crippen LogP contribution in [0.15, 0.2) is 35.1 Å². The standard InChI is InChI=1S/C15H10F3N3O3/c1-9-8-12(22)13(14(23)24-7-6-19)20-21(9)11-5-3-2-4-10(11)15(16,17)18/h2-5,8H,7H2,1H3. The predicted molar refractivity (Wildman–Crippen MR) is 75.5 cm³/mol. The number of esters is 1. The van der Waals surface area contributed by atoms with Gasteiger partial charge in [-0.1, -0.05) is 12.1 Å². The fourth-order valence-corrected chi connectivity index (χ4v) is 2.00. The molecule has 0 aliphatic heterocycles. The number of alkyl halides is 3. The zero-order valence-electron chi connectivity index (χ0n) is 12.3. The summed E-state index contributed by atoms with van der Waals surface area (Å²) in [5.74, 6) is -1.18. The van der Waals surface area contributed by atoms with Crippen LogP contribution in [0.4, 0.5) is 13.2 Å². The predicted octanol–water partition coefficient (Wildman–Crippen LogP) is 2.24. The van der Waals surface area contributed by atoms with E-state index >= 15 is 0 Å². The number of hydrogen-bond donors (Lipinski definition) is 0. The average molecular weight is 337 g/mol. The number of para-hydroxylation sites is 1. The number of halogens is 3. The van der Waals surface area contributed by atoms with Crippen molar-refractivity contribution in [2.45, 2.75) is 13.1 Å². The van der Waals surface area contributed by atoms with Gasteiger partial charge in [-0.2, -0.15) is 23.5 Å². The molecule has 0 amide bonds. The summed E-state index contributed by atoms with van der Waals surface area (Å²) in [5, 5.41) is 12.1. The van der Waals surface area contributed by atoms with Crippen LogP contribution in [0.3, 0.4) is 0 Å². The van der Waals surface area contributed by atoms with E-state index in [0.717, 1.165) is 22.9 Å². The van der Waals surface area contributed by atoms with Gasteiger partial charge in [0.2, 0.25) is 11.1 Å². The Morgan fingerprint density at radius 2 is 2.04 bits per heavy atom. The van der Waals surface area contributed by atoms with Crippen molar-refractivity contribution in [1.29, 1.82) is 5.26 Å². The van der Waals surface area contributed by atoms with E-state index in [1.54, 1.807) is 6.07 Å². The molecule has 0 aliphatic rings. The second-order valence-electron chi connectivity index (χ2n) is 4.66. The maximum Gasteiger partial charge on any atom is 0.418 e. The molecule has 1 heterocycles. The molecule has 1 aromatic carbocycles. The van der Waals surface area contributed by atoms with Gasteiger partial charge in [0.05, 0.1) is 11.3 Å². The Morgan fingerprint density at radius 3 is 2.67 bits per heavy atom. The van der Waals surface area contributed by atoms with Crippen molar-refractivity contribution in [3.8, 4) is 11.8 Å². The summed E-state index contributed by atoms with van der Waals surface area (Å²) < 4.78 is 44.7. The molecule has 0 unspecified atom stereocenters. The van der Waals surface area contributed by atoms with Crippen LogP contribution in [0.5, 0.6) is 0 Å². The molecule has 2 aromatic rings. The fourth-order valence-electron chi connectivity index (χ4n) is 2.00. The van der Waals surface area contributed by atoms with Gasteiger partial charge in [-0.05, 0) is 19.1 Å². The van der Waals surface area contributed by atoms with E-state index in [9.17, 15) is 22.8 Å². The number of carbonyl (C=O) groups excluding carboxylic acids is 1. The summed E-state index contributed by atoms with van der Waals surface area (Å²) in [7, 11) is 0. The number of aryl methyl sites for hydroxylation is 1. The third kappa shape index (κ3) is 3.43. The van der Waals surface area contributed by atoms with E-state index in [1.165, 1.54) is 19.1 Å². The van der Waals surface area contributed by atoms with E-state index in [0.29, 0.717) is 0 Å². The first kappa shape index (κ1) is 17.2. The topological polar surface area (TPSA) is 85.0 Å². The lowest BCUT2D eigenvalue weighted by atomic mass is 10.1. The quantitative estimate of drug-likeness (QED) is 0.802. The molecule has 0 radical (unpaired) electrons. The van der Waals surface area contributed by atoms with Crippen LogP contribution < -0.4 is 5.43 Å². The molecule has 0 atom stereocenters. The second-order valence-corrected chi connectivity index (χ2v) is 4.66. The van der Waals surface area contributed by atoms with Crippen molar-refractivity contribution in [3.63, 3.8) is 0 Å². The fraction of sp³-hybridized carbons (Fsp3) is 0.200. The average Bonchev–Trinajstić information content (AvgIpc) is 2.52. The molecule has 6 nitrogen and oxygen atoms in total. The monoisotopic (exact) mass is 337 g/mol. The largest absolute Gasteiger partial charge is 0.445 e. The Kier molecular flexibility index (Phi) is 4.69. The van der Waals surface area contributed by atoms with Gasteiger partial charge >= 0.3 is 12.1 Å².